The monoisotopic (exact) mass is 329 g/mol. The summed E-state index contributed by atoms with van der Waals surface area (Å²) >= 11 is 0. The Labute approximate surface area is 141 Å². The van der Waals surface area contributed by atoms with Gasteiger partial charge in [-0.1, -0.05) is 30.3 Å². The molecule has 2 heterocycles. The third-order valence-electron chi connectivity index (χ3n) is 5.09. The van der Waals surface area contributed by atoms with Gasteiger partial charge in [-0.15, -0.1) is 0 Å². The Bertz CT molecular complexity index is 646. The van der Waals surface area contributed by atoms with Crippen LogP contribution in [0.2, 0.25) is 0 Å². The summed E-state index contributed by atoms with van der Waals surface area (Å²) in [6, 6.07) is 9.20. The third kappa shape index (κ3) is 3.00. The van der Waals surface area contributed by atoms with Crippen LogP contribution in [0, 0.1) is 5.92 Å². The van der Waals surface area contributed by atoms with E-state index in [-0.39, 0.29) is 29.7 Å². The Morgan fingerprint density at radius 1 is 1.17 bits per heavy atom. The third-order valence-corrected chi connectivity index (χ3v) is 5.09. The van der Waals surface area contributed by atoms with Gasteiger partial charge in [0.2, 0.25) is 17.7 Å². The van der Waals surface area contributed by atoms with E-state index in [0.717, 1.165) is 5.56 Å². The lowest BCUT2D eigenvalue weighted by atomic mass is 10.0. The number of hydrogen-bond acceptors (Lipinski definition) is 3. The minimum absolute atomic E-state index is 0.0514. The largest absolute Gasteiger partial charge is 0.357 e. The van der Waals surface area contributed by atoms with Crippen LogP contribution in [0.4, 0.5) is 0 Å². The van der Waals surface area contributed by atoms with Crippen LogP contribution >= 0.6 is 0 Å². The average molecular weight is 329 g/mol. The molecular formula is C18H23N3O3. The topological polar surface area (TPSA) is 69.7 Å². The molecule has 24 heavy (non-hydrogen) atoms. The molecule has 128 valence electrons. The molecule has 0 spiro atoms. The predicted molar refractivity (Wildman–Crippen MR) is 89.0 cm³/mol. The number of carbonyl (C=O) groups excluding carboxylic acids is 3. The van der Waals surface area contributed by atoms with Crippen molar-refractivity contribution in [2.45, 2.75) is 31.8 Å². The highest BCUT2D eigenvalue weighted by Gasteiger charge is 2.50. The highest BCUT2D eigenvalue weighted by Crippen LogP contribution is 2.36. The zero-order valence-corrected chi connectivity index (χ0v) is 14.1. The second-order valence-corrected chi connectivity index (χ2v) is 6.58. The van der Waals surface area contributed by atoms with Gasteiger partial charge < -0.3 is 15.1 Å². The number of likely N-dealkylation sites (tertiary alicyclic amines) is 2. The van der Waals surface area contributed by atoms with Crippen molar-refractivity contribution < 1.29 is 14.4 Å². The van der Waals surface area contributed by atoms with Crippen LogP contribution in [0.3, 0.4) is 0 Å². The molecule has 0 aliphatic carbocycles. The van der Waals surface area contributed by atoms with Crippen LogP contribution < -0.4 is 5.32 Å². The summed E-state index contributed by atoms with van der Waals surface area (Å²) in [5.74, 6) is 0.0294. The molecule has 1 aromatic rings. The maximum atomic E-state index is 12.5. The number of carbonyl (C=O) groups is 3. The molecule has 6 nitrogen and oxygen atoms in total. The van der Waals surface area contributed by atoms with Gasteiger partial charge >= 0.3 is 0 Å². The maximum absolute atomic E-state index is 12.5. The molecule has 1 aromatic carbocycles. The first-order chi connectivity index (χ1) is 11.5. The summed E-state index contributed by atoms with van der Waals surface area (Å²) in [7, 11) is 1.59. The first kappa shape index (κ1) is 16.5. The van der Waals surface area contributed by atoms with E-state index in [1.165, 1.54) is 6.92 Å². The van der Waals surface area contributed by atoms with Gasteiger partial charge in [0, 0.05) is 33.0 Å². The van der Waals surface area contributed by atoms with Gasteiger partial charge in [-0.2, -0.15) is 0 Å². The number of benzene rings is 1. The van der Waals surface area contributed by atoms with Crippen molar-refractivity contribution in [3.8, 4) is 0 Å². The minimum Gasteiger partial charge on any atom is -0.357 e. The van der Waals surface area contributed by atoms with E-state index < -0.39 is 6.04 Å². The molecule has 2 aliphatic heterocycles. The second kappa shape index (κ2) is 6.63. The van der Waals surface area contributed by atoms with Gasteiger partial charge in [-0.05, 0) is 12.0 Å². The molecule has 3 atom stereocenters. The number of amides is 3. The van der Waals surface area contributed by atoms with Crippen LogP contribution in [-0.4, -0.2) is 59.7 Å². The van der Waals surface area contributed by atoms with Crippen molar-refractivity contribution in [2.24, 2.45) is 5.92 Å². The van der Waals surface area contributed by atoms with Crippen LogP contribution in [0.5, 0.6) is 0 Å². The highest BCUT2D eigenvalue weighted by molar-refractivity contribution is 5.88. The van der Waals surface area contributed by atoms with Crippen molar-refractivity contribution in [1.29, 1.82) is 0 Å². The zero-order valence-electron chi connectivity index (χ0n) is 14.1. The van der Waals surface area contributed by atoms with Crippen LogP contribution in [0.25, 0.3) is 0 Å². The van der Waals surface area contributed by atoms with E-state index in [4.69, 9.17) is 0 Å². The van der Waals surface area contributed by atoms with Crippen LogP contribution in [0.1, 0.15) is 18.9 Å². The molecule has 6 heteroatoms. The Morgan fingerprint density at radius 2 is 1.88 bits per heavy atom. The lowest BCUT2D eigenvalue weighted by Crippen LogP contribution is -2.49. The minimum atomic E-state index is -0.408. The van der Waals surface area contributed by atoms with Gasteiger partial charge in [0.05, 0.1) is 12.5 Å². The molecule has 0 unspecified atom stereocenters. The van der Waals surface area contributed by atoms with Gasteiger partial charge in [0.1, 0.15) is 6.04 Å². The SMILES string of the molecule is CNC(=O)[C@H]1C[C@@H]2CN(C(=O)Cc3ccccc3)C[C@@H]2N1C(C)=O. The predicted octanol–water partition coefficient (Wildman–Crippen LogP) is 0.423. The van der Waals surface area contributed by atoms with E-state index in [9.17, 15) is 14.4 Å². The van der Waals surface area contributed by atoms with Gasteiger partial charge in [-0.3, -0.25) is 14.4 Å². The molecule has 0 radical (unpaired) electrons. The van der Waals surface area contributed by atoms with E-state index in [1.54, 1.807) is 11.9 Å². The van der Waals surface area contributed by atoms with E-state index >= 15 is 0 Å². The zero-order chi connectivity index (χ0) is 17.3. The summed E-state index contributed by atoms with van der Waals surface area (Å²) in [6.07, 6.45) is 0.998. The fourth-order valence-corrected chi connectivity index (χ4v) is 3.97. The lowest BCUT2D eigenvalue weighted by Gasteiger charge is -2.28. The molecule has 2 fully saturated rings. The lowest BCUT2D eigenvalue weighted by molar-refractivity contribution is -0.139. The molecule has 3 amide bonds. The summed E-state index contributed by atoms with van der Waals surface area (Å²) in [5, 5.41) is 2.63. The standard InChI is InChI=1S/C18H23N3O3/c1-12(22)21-15(18(24)19-2)9-14-10-20(11-16(14)21)17(23)8-13-6-4-3-5-7-13/h3-7,14-16H,8-11H2,1-2H3,(H,19,24)/t14-,15-,16+/m1/s1. The molecule has 0 bridgehead atoms. The number of likely N-dealkylation sites (N-methyl/N-ethyl adjacent to an activating group) is 1. The number of hydrogen-bond donors (Lipinski definition) is 1. The van der Waals surface area contributed by atoms with E-state index in [1.807, 2.05) is 35.2 Å². The first-order valence-corrected chi connectivity index (χ1v) is 8.33. The number of nitrogens with zero attached hydrogens (tertiary/aromatic N) is 2. The molecular weight excluding hydrogens is 306 g/mol. The fourth-order valence-electron chi connectivity index (χ4n) is 3.97. The quantitative estimate of drug-likeness (QED) is 0.874. The van der Waals surface area contributed by atoms with Crippen molar-refractivity contribution in [3.63, 3.8) is 0 Å². The smallest absolute Gasteiger partial charge is 0.242 e. The summed E-state index contributed by atoms with van der Waals surface area (Å²) < 4.78 is 0. The summed E-state index contributed by atoms with van der Waals surface area (Å²) in [4.78, 5) is 40.1. The average Bonchev–Trinajstić information content (AvgIpc) is 3.12. The summed E-state index contributed by atoms with van der Waals surface area (Å²) in [5.41, 5.74) is 0.992. The van der Waals surface area contributed by atoms with Gasteiger partial charge in [0.25, 0.3) is 0 Å². The van der Waals surface area contributed by atoms with Crippen molar-refractivity contribution >= 4 is 17.7 Å². The maximum Gasteiger partial charge on any atom is 0.242 e. The number of rotatable bonds is 3. The Hall–Kier alpha value is -2.37. The molecule has 0 saturated carbocycles. The van der Waals surface area contributed by atoms with E-state index in [0.29, 0.717) is 25.9 Å². The Balaban J connectivity index is 1.68. The number of fused-ring (bicyclic) bond motifs is 1. The van der Waals surface area contributed by atoms with Gasteiger partial charge in [-0.25, -0.2) is 0 Å². The number of nitrogens with one attached hydrogen (secondary N) is 1. The van der Waals surface area contributed by atoms with Crippen molar-refractivity contribution in [1.82, 2.24) is 15.1 Å². The van der Waals surface area contributed by atoms with Crippen LogP contribution in [-0.2, 0) is 20.8 Å². The van der Waals surface area contributed by atoms with Gasteiger partial charge in [0.15, 0.2) is 0 Å². The highest BCUT2D eigenvalue weighted by atomic mass is 16.2. The Morgan fingerprint density at radius 3 is 2.50 bits per heavy atom. The summed E-state index contributed by atoms with van der Waals surface area (Å²) in [6.45, 7) is 2.63. The van der Waals surface area contributed by atoms with Crippen molar-refractivity contribution in [2.75, 3.05) is 20.1 Å². The first-order valence-electron chi connectivity index (χ1n) is 8.33. The fraction of sp³-hybridized carbons (Fsp3) is 0.500. The molecule has 2 aliphatic rings. The molecule has 1 N–H and O–H groups in total. The second-order valence-electron chi connectivity index (χ2n) is 6.58. The van der Waals surface area contributed by atoms with E-state index in [2.05, 4.69) is 5.32 Å². The molecule has 0 aromatic heterocycles. The molecule has 3 rings (SSSR count). The molecule has 2 saturated heterocycles. The normalized spacial score (nSPS) is 25.5. The van der Waals surface area contributed by atoms with Crippen LogP contribution in [0.15, 0.2) is 30.3 Å². The van der Waals surface area contributed by atoms with Crippen molar-refractivity contribution in [3.05, 3.63) is 35.9 Å². The Kier molecular flexibility index (Phi) is 4.55.